The number of nitrogens with zero attached hydrogens (tertiary/aromatic N) is 6. The van der Waals surface area contributed by atoms with E-state index < -0.39 is 0 Å². The van der Waals surface area contributed by atoms with E-state index in [0.717, 1.165) is 63.0 Å². The van der Waals surface area contributed by atoms with Crippen molar-refractivity contribution in [2.45, 2.75) is 44.0 Å². The average molecular weight is 457 g/mol. The van der Waals surface area contributed by atoms with Gasteiger partial charge < -0.3 is 19.9 Å². The molecule has 2 saturated heterocycles. The lowest BCUT2D eigenvalue weighted by molar-refractivity contribution is -0.0873. The molecule has 2 aliphatic heterocycles. The molecule has 3 aromatic rings. The number of ether oxygens (including phenoxy) is 1. The van der Waals surface area contributed by atoms with Gasteiger partial charge in [-0.2, -0.15) is 0 Å². The van der Waals surface area contributed by atoms with Gasteiger partial charge in [0.25, 0.3) is 0 Å². The van der Waals surface area contributed by atoms with Crippen LogP contribution in [0.1, 0.15) is 18.4 Å². The molecule has 170 valence electrons. The summed E-state index contributed by atoms with van der Waals surface area (Å²) in [5, 5.41) is 8.82. The number of benzene rings is 1. The molecule has 1 aromatic carbocycles. The molecule has 2 atom stereocenters. The Morgan fingerprint density at radius 3 is 2.66 bits per heavy atom. The van der Waals surface area contributed by atoms with Crippen molar-refractivity contribution in [1.82, 2.24) is 29.6 Å². The van der Waals surface area contributed by atoms with E-state index in [9.17, 15) is 0 Å². The molecule has 2 fully saturated rings. The molecular weight excluding hydrogens is 428 g/mol. The van der Waals surface area contributed by atoms with Gasteiger partial charge >= 0.3 is 0 Å². The van der Waals surface area contributed by atoms with Crippen LogP contribution in [0.3, 0.4) is 0 Å². The summed E-state index contributed by atoms with van der Waals surface area (Å²) in [6.45, 7) is 4.31. The first-order valence-electron chi connectivity index (χ1n) is 11.1. The number of anilines is 2. The third kappa shape index (κ3) is 4.90. The number of hydrogen-bond acceptors (Lipinski definition) is 7. The van der Waals surface area contributed by atoms with Crippen LogP contribution in [0.2, 0.25) is 5.02 Å². The van der Waals surface area contributed by atoms with Gasteiger partial charge in [0, 0.05) is 49.1 Å². The second-order valence-corrected chi connectivity index (χ2v) is 9.08. The van der Waals surface area contributed by atoms with Crippen molar-refractivity contribution >= 4 is 23.5 Å². The maximum atomic E-state index is 6.31. The minimum atomic E-state index is 0.151. The molecule has 4 heterocycles. The van der Waals surface area contributed by atoms with E-state index >= 15 is 0 Å². The highest BCUT2D eigenvalue weighted by Crippen LogP contribution is 2.27. The van der Waals surface area contributed by atoms with Gasteiger partial charge in [-0.05, 0) is 37.0 Å². The predicted octanol–water partition coefficient (Wildman–Crippen LogP) is 2.22. The second kappa shape index (κ2) is 9.48. The Hall–Kier alpha value is -2.62. The van der Waals surface area contributed by atoms with Gasteiger partial charge in [-0.15, -0.1) is 10.2 Å². The lowest BCUT2D eigenvalue weighted by Gasteiger charge is -2.46. The fraction of sp³-hybridized carbons (Fsp3) is 0.500. The highest BCUT2D eigenvalue weighted by molar-refractivity contribution is 6.30. The van der Waals surface area contributed by atoms with E-state index in [4.69, 9.17) is 22.1 Å². The minimum absolute atomic E-state index is 0.151. The number of halogens is 1. The van der Waals surface area contributed by atoms with Crippen molar-refractivity contribution in [2.24, 2.45) is 0 Å². The van der Waals surface area contributed by atoms with Gasteiger partial charge in [0.05, 0.1) is 25.6 Å². The second-order valence-electron chi connectivity index (χ2n) is 8.65. The third-order valence-electron chi connectivity index (χ3n) is 6.49. The molecule has 3 N–H and O–H groups in total. The molecule has 2 aliphatic rings. The lowest BCUT2D eigenvalue weighted by Crippen LogP contribution is -2.57. The first kappa shape index (κ1) is 21.2. The van der Waals surface area contributed by atoms with Crippen molar-refractivity contribution in [3.05, 3.63) is 53.6 Å². The van der Waals surface area contributed by atoms with Gasteiger partial charge in [0.1, 0.15) is 0 Å². The summed E-state index contributed by atoms with van der Waals surface area (Å²) in [7, 11) is 0. The summed E-state index contributed by atoms with van der Waals surface area (Å²) in [5.74, 6) is 1.12. The summed E-state index contributed by atoms with van der Waals surface area (Å²) in [5.41, 5.74) is 7.00. The van der Waals surface area contributed by atoms with Crippen LogP contribution in [0.15, 0.2) is 43.0 Å². The SMILES string of the molecule is Nc1nnc(N2CCC(N3CC(Cn4ccnc4)OCC3Cc3ccc(Cl)cc3)CC2)[nH]1. The monoisotopic (exact) mass is 456 g/mol. The lowest BCUT2D eigenvalue weighted by atomic mass is 9.96. The van der Waals surface area contributed by atoms with E-state index in [0.29, 0.717) is 18.0 Å². The molecule has 2 unspecified atom stereocenters. The van der Waals surface area contributed by atoms with E-state index in [2.05, 4.69) is 46.7 Å². The Kier molecular flexibility index (Phi) is 6.29. The van der Waals surface area contributed by atoms with Crippen LogP contribution in [0.25, 0.3) is 0 Å². The first-order chi connectivity index (χ1) is 15.6. The number of rotatable bonds is 6. The summed E-state index contributed by atoms with van der Waals surface area (Å²) in [4.78, 5) is 12.1. The Morgan fingerprint density at radius 1 is 1.16 bits per heavy atom. The summed E-state index contributed by atoms with van der Waals surface area (Å²) >= 11 is 6.09. The number of aromatic nitrogens is 5. The number of piperidine rings is 1. The topological polar surface area (TPSA) is 101 Å². The number of morpholine rings is 1. The molecule has 0 amide bonds. The molecule has 0 spiro atoms. The van der Waals surface area contributed by atoms with E-state index in [1.165, 1.54) is 5.56 Å². The Balaban J connectivity index is 1.27. The number of hydrogen-bond donors (Lipinski definition) is 2. The fourth-order valence-electron chi connectivity index (χ4n) is 4.85. The largest absolute Gasteiger partial charge is 0.373 e. The van der Waals surface area contributed by atoms with Crippen molar-refractivity contribution < 1.29 is 4.74 Å². The van der Waals surface area contributed by atoms with Crippen LogP contribution in [-0.4, -0.2) is 74.1 Å². The number of nitrogens with two attached hydrogens (primary N) is 1. The molecule has 2 aromatic heterocycles. The average Bonchev–Trinajstić information content (AvgIpc) is 3.48. The van der Waals surface area contributed by atoms with Crippen molar-refractivity contribution in [3.8, 4) is 0 Å². The van der Waals surface area contributed by atoms with Gasteiger partial charge in [-0.25, -0.2) is 4.98 Å². The zero-order valence-electron chi connectivity index (χ0n) is 18.0. The molecule has 5 rings (SSSR count). The Bertz CT molecular complexity index is 984. The van der Waals surface area contributed by atoms with Crippen molar-refractivity contribution in [3.63, 3.8) is 0 Å². The van der Waals surface area contributed by atoms with Crippen molar-refractivity contribution in [1.29, 1.82) is 0 Å². The first-order valence-corrected chi connectivity index (χ1v) is 11.5. The van der Waals surface area contributed by atoms with Crippen LogP contribution < -0.4 is 10.6 Å². The molecule has 0 aliphatic carbocycles. The van der Waals surface area contributed by atoms with Gasteiger partial charge in [-0.3, -0.25) is 9.88 Å². The highest BCUT2D eigenvalue weighted by atomic mass is 35.5. The number of imidazole rings is 1. The smallest absolute Gasteiger partial charge is 0.226 e. The molecule has 10 heteroatoms. The molecule has 32 heavy (non-hydrogen) atoms. The molecule has 9 nitrogen and oxygen atoms in total. The number of nitrogens with one attached hydrogen (secondary N) is 1. The van der Waals surface area contributed by atoms with E-state index in [-0.39, 0.29) is 6.10 Å². The summed E-state index contributed by atoms with van der Waals surface area (Å²) in [6.07, 6.45) is 8.90. The Morgan fingerprint density at radius 2 is 1.97 bits per heavy atom. The summed E-state index contributed by atoms with van der Waals surface area (Å²) in [6, 6.07) is 9.01. The zero-order valence-corrected chi connectivity index (χ0v) is 18.7. The summed E-state index contributed by atoms with van der Waals surface area (Å²) < 4.78 is 8.41. The number of aromatic amines is 1. The van der Waals surface area contributed by atoms with Crippen LogP contribution in [0.5, 0.6) is 0 Å². The van der Waals surface area contributed by atoms with Crippen LogP contribution in [0, 0.1) is 0 Å². The normalized spacial score (nSPS) is 23.0. The van der Waals surface area contributed by atoms with Gasteiger partial charge in [0.2, 0.25) is 11.9 Å². The molecular formula is C22H29ClN8O. The minimum Gasteiger partial charge on any atom is -0.373 e. The maximum Gasteiger partial charge on any atom is 0.226 e. The zero-order chi connectivity index (χ0) is 21.9. The number of H-pyrrole nitrogens is 1. The maximum absolute atomic E-state index is 6.31. The van der Waals surface area contributed by atoms with Crippen LogP contribution >= 0.6 is 11.6 Å². The fourth-order valence-corrected chi connectivity index (χ4v) is 4.98. The molecule has 0 radical (unpaired) electrons. The highest BCUT2D eigenvalue weighted by Gasteiger charge is 2.36. The standard InChI is InChI=1S/C22H29ClN8O/c23-17-3-1-16(2-4-17)11-19-14-32-20(12-29-10-7-25-15-29)13-31(19)18-5-8-30(9-6-18)22-26-21(24)27-28-22/h1-4,7,10,15,18-20H,5-6,8-9,11-14H2,(H3,24,26,27,28). The number of nitrogen functional groups attached to an aromatic ring is 1. The molecule has 0 bridgehead atoms. The van der Waals surface area contributed by atoms with Gasteiger partial charge in [0.15, 0.2) is 0 Å². The Labute approximate surface area is 192 Å². The third-order valence-corrected chi connectivity index (χ3v) is 6.74. The van der Waals surface area contributed by atoms with Crippen molar-refractivity contribution in [2.75, 3.05) is 36.9 Å². The van der Waals surface area contributed by atoms with Crippen LogP contribution in [0.4, 0.5) is 11.9 Å². The van der Waals surface area contributed by atoms with Gasteiger partial charge in [-0.1, -0.05) is 23.7 Å². The predicted molar refractivity (Wildman–Crippen MR) is 124 cm³/mol. The van der Waals surface area contributed by atoms with Crippen LogP contribution in [-0.2, 0) is 17.7 Å². The molecule has 0 saturated carbocycles. The van der Waals surface area contributed by atoms with E-state index in [1.54, 1.807) is 0 Å². The van der Waals surface area contributed by atoms with E-state index in [1.807, 2.05) is 30.9 Å². The quantitative estimate of drug-likeness (QED) is 0.586.